The second-order valence-electron chi connectivity index (χ2n) is 6.57. The van der Waals surface area contributed by atoms with Gasteiger partial charge in [0.1, 0.15) is 0 Å². The van der Waals surface area contributed by atoms with Crippen LogP contribution in [0.2, 0.25) is 0 Å². The average Bonchev–Trinajstić information content (AvgIpc) is 3.45. The second kappa shape index (κ2) is 7.47. The highest BCUT2D eigenvalue weighted by Crippen LogP contribution is 2.30. The predicted octanol–water partition coefficient (Wildman–Crippen LogP) is 3.10. The summed E-state index contributed by atoms with van der Waals surface area (Å²) in [4.78, 5) is 12.2. The lowest BCUT2D eigenvalue weighted by atomic mass is 10.1. The van der Waals surface area contributed by atoms with Gasteiger partial charge in [0.25, 0.3) is 0 Å². The number of urea groups is 1. The molecule has 7 heteroatoms. The number of sulfonamides is 1. The summed E-state index contributed by atoms with van der Waals surface area (Å²) in [6.45, 7) is 2.42. The summed E-state index contributed by atoms with van der Waals surface area (Å²) in [5.74, 6) is 0. The fourth-order valence-corrected chi connectivity index (χ4v) is 4.11. The van der Waals surface area contributed by atoms with Crippen molar-refractivity contribution in [3.05, 3.63) is 59.7 Å². The van der Waals surface area contributed by atoms with Crippen molar-refractivity contribution in [2.75, 3.05) is 12.4 Å². The Morgan fingerprint density at radius 3 is 2.46 bits per heavy atom. The quantitative estimate of drug-likeness (QED) is 0.817. The Hall–Kier alpha value is -2.38. The zero-order chi connectivity index (χ0) is 18.7. The molecule has 138 valence electrons. The van der Waals surface area contributed by atoms with Gasteiger partial charge < -0.3 is 10.6 Å². The van der Waals surface area contributed by atoms with E-state index < -0.39 is 10.0 Å². The molecule has 2 aromatic rings. The number of aryl methyl sites for hydroxylation is 1. The third-order valence-electron chi connectivity index (χ3n) is 4.39. The van der Waals surface area contributed by atoms with Crippen LogP contribution in [0.25, 0.3) is 0 Å². The molecular formula is C19H23N3O3S. The molecule has 1 fully saturated rings. The summed E-state index contributed by atoms with van der Waals surface area (Å²) >= 11 is 0. The SMILES string of the molecule is Cc1cccc(CNC(=O)Nc2ccc(S(=O)(=O)N(C)C3CC3)cc2)c1. The highest BCUT2D eigenvalue weighted by Gasteiger charge is 2.34. The van der Waals surface area contributed by atoms with Crippen LogP contribution in [-0.4, -0.2) is 31.8 Å². The van der Waals surface area contributed by atoms with Crippen LogP contribution in [0, 0.1) is 6.92 Å². The van der Waals surface area contributed by atoms with E-state index in [9.17, 15) is 13.2 Å². The van der Waals surface area contributed by atoms with Gasteiger partial charge in [-0.25, -0.2) is 13.2 Å². The number of carbonyl (C=O) groups is 1. The third-order valence-corrected chi connectivity index (χ3v) is 6.31. The molecule has 0 aliphatic heterocycles. The van der Waals surface area contributed by atoms with E-state index in [0.29, 0.717) is 12.2 Å². The minimum absolute atomic E-state index is 0.116. The lowest BCUT2D eigenvalue weighted by molar-refractivity contribution is 0.251. The normalized spacial score (nSPS) is 14.3. The summed E-state index contributed by atoms with van der Waals surface area (Å²) in [5, 5.41) is 5.50. The highest BCUT2D eigenvalue weighted by molar-refractivity contribution is 7.89. The van der Waals surface area contributed by atoms with Crippen LogP contribution in [0.15, 0.2) is 53.4 Å². The highest BCUT2D eigenvalue weighted by atomic mass is 32.2. The Morgan fingerprint density at radius 2 is 1.85 bits per heavy atom. The van der Waals surface area contributed by atoms with Crippen molar-refractivity contribution >= 4 is 21.7 Å². The summed E-state index contributed by atoms with van der Waals surface area (Å²) in [5.41, 5.74) is 2.70. The zero-order valence-corrected chi connectivity index (χ0v) is 15.7. The number of carbonyl (C=O) groups excluding carboxylic acids is 1. The van der Waals surface area contributed by atoms with E-state index in [2.05, 4.69) is 10.6 Å². The van der Waals surface area contributed by atoms with Gasteiger partial charge in [-0.1, -0.05) is 29.8 Å². The predicted molar refractivity (Wildman–Crippen MR) is 101 cm³/mol. The molecule has 2 amide bonds. The van der Waals surface area contributed by atoms with Crippen LogP contribution in [0.1, 0.15) is 24.0 Å². The van der Waals surface area contributed by atoms with Gasteiger partial charge in [0.2, 0.25) is 10.0 Å². The zero-order valence-electron chi connectivity index (χ0n) is 14.9. The molecule has 0 saturated heterocycles. The lowest BCUT2D eigenvalue weighted by Crippen LogP contribution is -2.29. The number of nitrogens with one attached hydrogen (secondary N) is 2. The van der Waals surface area contributed by atoms with E-state index in [1.165, 1.54) is 16.4 Å². The van der Waals surface area contributed by atoms with Gasteiger partial charge in [0.05, 0.1) is 4.90 Å². The second-order valence-corrected chi connectivity index (χ2v) is 8.57. The number of rotatable bonds is 6. The maximum absolute atomic E-state index is 12.5. The fraction of sp³-hybridized carbons (Fsp3) is 0.316. The maximum atomic E-state index is 12.5. The molecule has 1 aliphatic rings. The molecule has 3 rings (SSSR count). The molecule has 6 nitrogen and oxygen atoms in total. The van der Waals surface area contributed by atoms with Crippen molar-refractivity contribution in [1.82, 2.24) is 9.62 Å². The van der Waals surface area contributed by atoms with Gasteiger partial charge in [-0.3, -0.25) is 0 Å². The molecule has 1 saturated carbocycles. The van der Waals surface area contributed by atoms with E-state index in [1.807, 2.05) is 31.2 Å². The van der Waals surface area contributed by atoms with Gasteiger partial charge in [0.15, 0.2) is 0 Å². The molecule has 0 aromatic heterocycles. The molecule has 1 aliphatic carbocycles. The standard InChI is InChI=1S/C19H23N3O3S/c1-14-4-3-5-15(12-14)13-20-19(23)21-16-6-10-18(11-7-16)26(24,25)22(2)17-8-9-17/h3-7,10-12,17H,8-9,13H2,1-2H3,(H2,20,21,23). The Bertz CT molecular complexity index is 891. The lowest BCUT2D eigenvalue weighted by Gasteiger charge is -2.16. The van der Waals surface area contributed by atoms with Crippen molar-refractivity contribution in [2.45, 2.75) is 37.2 Å². The van der Waals surface area contributed by atoms with Crippen LogP contribution >= 0.6 is 0 Å². The van der Waals surface area contributed by atoms with E-state index in [0.717, 1.165) is 24.0 Å². The number of hydrogen-bond acceptors (Lipinski definition) is 3. The number of hydrogen-bond donors (Lipinski definition) is 2. The van der Waals surface area contributed by atoms with Crippen molar-refractivity contribution in [3.63, 3.8) is 0 Å². The van der Waals surface area contributed by atoms with E-state index in [-0.39, 0.29) is 17.0 Å². The topological polar surface area (TPSA) is 78.5 Å². The molecule has 0 radical (unpaired) electrons. The molecule has 2 N–H and O–H groups in total. The first-order valence-corrected chi connectivity index (χ1v) is 9.99. The van der Waals surface area contributed by atoms with Gasteiger partial charge in [-0.05, 0) is 49.6 Å². The number of anilines is 1. The van der Waals surface area contributed by atoms with Gasteiger partial charge in [-0.15, -0.1) is 0 Å². The van der Waals surface area contributed by atoms with Gasteiger partial charge in [-0.2, -0.15) is 4.31 Å². The Morgan fingerprint density at radius 1 is 1.15 bits per heavy atom. The van der Waals surface area contributed by atoms with Crippen LogP contribution in [0.3, 0.4) is 0 Å². The maximum Gasteiger partial charge on any atom is 0.319 e. The molecule has 26 heavy (non-hydrogen) atoms. The molecule has 0 spiro atoms. The van der Waals surface area contributed by atoms with Crippen LogP contribution in [-0.2, 0) is 16.6 Å². The summed E-state index contributed by atoms with van der Waals surface area (Å²) in [6.07, 6.45) is 1.83. The first kappa shape index (κ1) is 18.4. The number of benzene rings is 2. The van der Waals surface area contributed by atoms with Crippen molar-refractivity contribution in [2.24, 2.45) is 0 Å². The fourth-order valence-electron chi connectivity index (χ4n) is 2.69. The Labute approximate surface area is 154 Å². The summed E-state index contributed by atoms with van der Waals surface area (Å²) in [6, 6.07) is 13.9. The first-order valence-electron chi connectivity index (χ1n) is 8.55. The molecular weight excluding hydrogens is 350 g/mol. The largest absolute Gasteiger partial charge is 0.334 e. The van der Waals surface area contributed by atoms with Crippen molar-refractivity contribution in [3.8, 4) is 0 Å². The van der Waals surface area contributed by atoms with Crippen molar-refractivity contribution < 1.29 is 13.2 Å². The van der Waals surface area contributed by atoms with E-state index in [1.54, 1.807) is 19.2 Å². The Kier molecular flexibility index (Phi) is 5.29. The molecule has 0 heterocycles. The average molecular weight is 373 g/mol. The summed E-state index contributed by atoms with van der Waals surface area (Å²) < 4.78 is 26.3. The third kappa shape index (κ3) is 4.42. The first-order chi connectivity index (χ1) is 12.4. The number of nitrogens with zero attached hydrogens (tertiary/aromatic N) is 1. The van der Waals surface area contributed by atoms with E-state index >= 15 is 0 Å². The van der Waals surface area contributed by atoms with Gasteiger partial charge in [0, 0.05) is 25.3 Å². The smallest absolute Gasteiger partial charge is 0.319 e. The minimum Gasteiger partial charge on any atom is -0.334 e. The van der Waals surface area contributed by atoms with E-state index in [4.69, 9.17) is 0 Å². The van der Waals surface area contributed by atoms with Gasteiger partial charge >= 0.3 is 6.03 Å². The Balaban J connectivity index is 1.57. The van der Waals surface area contributed by atoms with Crippen LogP contribution in [0.4, 0.5) is 10.5 Å². The van der Waals surface area contributed by atoms with Crippen LogP contribution in [0.5, 0.6) is 0 Å². The molecule has 0 bridgehead atoms. The molecule has 2 aromatic carbocycles. The van der Waals surface area contributed by atoms with Crippen LogP contribution < -0.4 is 10.6 Å². The molecule has 0 atom stereocenters. The number of amides is 2. The monoisotopic (exact) mass is 373 g/mol. The van der Waals surface area contributed by atoms with Crippen molar-refractivity contribution in [1.29, 1.82) is 0 Å². The summed E-state index contributed by atoms with van der Waals surface area (Å²) in [7, 11) is -1.86. The molecule has 0 unspecified atom stereocenters. The minimum atomic E-state index is -3.47.